The summed E-state index contributed by atoms with van der Waals surface area (Å²) in [4.78, 5) is 11.9. The molecule has 1 N–H and O–H groups in total. The van der Waals surface area contributed by atoms with E-state index < -0.39 is 10.0 Å². The second kappa shape index (κ2) is 6.53. The van der Waals surface area contributed by atoms with Crippen LogP contribution >= 0.6 is 0 Å². The summed E-state index contributed by atoms with van der Waals surface area (Å²) in [5.41, 5.74) is 0.364. The van der Waals surface area contributed by atoms with Gasteiger partial charge in [-0.3, -0.25) is 4.79 Å². The Morgan fingerprint density at radius 3 is 2.52 bits per heavy atom. The molecule has 0 spiro atoms. The lowest BCUT2D eigenvalue weighted by Crippen LogP contribution is -2.46. The number of piperidine rings is 1. The van der Waals surface area contributed by atoms with E-state index in [0.29, 0.717) is 31.5 Å². The van der Waals surface area contributed by atoms with Crippen molar-refractivity contribution in [3.63, 3.8) is 0 Å². The first-order valence-electron chi connectivity index (χ1n) is 6.84. The molecule has 21 heavy (non-hydrogen) atoms. The number of hydrogen-bond donors (Lipinski definition) is 1. The van der Waals surface area contributed by atoms with Crippen LogP contribution in [0.15, 0.2) is 24.3 Å². The number of halogens is 1. The summed E-state index contributed by atoms with van der Waals surface area (Å²) in [6.07, 6.45) is 2.34. The van der Waals surface area contributed by atoms with Crippen molar-refractivity contribution in [2.45, 2.75) is 25.3 Å². The van der Waals surface area contributed by atoms with Gasteiger partial charge in [0, 0.05) is 19.1 Å². The Morgan fingerprint density at radius 2 is 1.95 bits per heavy atom. The lowest BCUT2D eigenvalue weighted by molar-refractivity contribution is -0.121. The highest BCUT2D eigenvalue weighted by atomic mass is 32.2. The maximum Gasteiger partial charge on any atom is 0.224 e. The van der Waals surface area contributed by atoms with Gasteiger partial charge in [-0.15, -0.1) is 0 Å². The van der Waals surface area contributed by atoms with E-state index in [1.165, 1.54) is 16.6 Å². The molecule has 1 heterocycles. The Hall–Kier alpha value is -1.47. The fraction of sp³-hybridized carbons (Fsp3) is 0.500. The third-order valence-electron chi connectivity index (χ3n) is 3.60. The van der Waals surface area contributed by atoms with Crippen molar-refractivity contribution < 1.29 is 17.6 Å². The number of carbonyl (C=O) groups is 1. The average Bonchev–Trinajstić information content (AvgIpc) is 2.41. The molecule has 0 radical (unpaired) electrons. The predicted octanol–water partition coefficient (Wildman–Crippen LogP) is 0.908. The van der Waals surface area contributed by atoms with Crippen LogP contribution < -0.4 is 5.32 Å². The molecule has 2 rings (SSSR count). The summed E-state index contributed by atoms with van der Waals surface area (Å²) >= 11 is 0. The van der Waals surface area contributed by atoms with Crippen molar-refractivity contribution >= 4 is 15.9 Å². The predicted molar refractivity (Wildman–Crippen MR) is 77.7 cm³/mol. The topological polar surface area (TPSA) is 66.5 Å². The lowest BCUT2D eigenvalue weighted by atomic mass is 10.1. The first-order valence-corrected chi connectivity index (χ1v) is 8.69. The van der Waals surface area contributed by atoms with E-state index >= 15 is 0 Å². The Bertz CT molecular complexity index is 610. The molecular weight excluding hydrogens is 295 g/mol. The van der Waals surface area contributed by atoms with Gasteiger partial charge in [0.2, 0.25) is 15.9 Å². The van der Waals surface area contributed by atoms with E-state index in [1.54, 1.807) is 18.2 Å². The third-order valence-corrected chi connectivity index (χ3v) is 4.90. The molecule has 1 saturated heterocycles. The number of rotatable bonds is 4. The first kappa shape index (κ1) is 15.9. The Balaban J connectivity index is 1.84. The van der Waals surface area contributed by atoms with Crippen molar-refractivity contribution in [3.05, 3.63) is 35.6 Å². The van der Waals surface area contributed by atoms with Crippen molar-refractivity contribution in [2.24, 2.45) is 0 Å². The van der Waals surface area contributed by atoms with Gasteiger partial charge in [-0.05, 0) is 24.5 Å². The molecule has 1 aliphatic heterocycles. The average molecular weight is 314 g/mol. The number of nitrogens with zero attached hydrogens (tertiary/aromatic N) is 1. The van der Waals surface area contributed by atoms with E-state index in [2.05, 4.69) is 5.32 Å². The number of hydrogen-bond acceptors (Lipinski definition) is 3. The fourth-order valence-electron chi connectivity index (χ4n) is 2.43. The van der Waals surface area contributed by atoms with E-state index in [1.807, 2.05) is 0 Å². The molecule has 7 heteroatoms. The summed E-state index contributed by atoms with van der Waals surface area (Å²) in [5.74, 6) is -0.627. The van der Waals surface area contributed by atoms with Gasteiger partial charge in [-0.25, -0.2) is 17.1 Å². The SMILES string of the molecule is CS(=O)(=O)N1CCC(NC(=O)Cc2ccccc2F)CC1. The largest absolute Gasteiger partial charge is 0.353 e. The summed E-state index contributed by atoms with van der Waals surface area (Å²) in [5, 5.41) is 2.84. The van der Waals surface area contributed by atoms with Crippen LogP contribution in [0, 0.1) is 5.82 Å². The highest BCUT2D eigenvalue weighted by Gasteiger charge is 2.25. The third kappa shape index (κ3) is 4.50. The molecule has 1 fully saturated rings. The van der Waals surface area contributed by atoms with Crippen LogP contribution in [-0.4, -0.2) is 44.0 Å². The van der Waals surface area contributed by atoms with Gasteiger partial charge in [0.15, 0.2) is 0 Å². The molecule has 1 amide bonds. The normalized spacial score (nSPS) is 17.6. The molecule has 0 bridgehead atoms. The molecule has 0 atom stereocenters. The van der Waals surface area contributed by atoms with Gasteiger partial charge < -0.3 is 5.32 Å². The quantitative estimate of drug-likeness (QED) is 0.898. The maximum absolute atomic E-state index is 13.5. The molecule has 0 aromatic heterocycles. The molecule has 0 saturated carbocycles. The maximum atomic E-state index is 13.5. The molecule has 1 aromatic carbocycles. The minimum atomic E-state index is -3.16. The standard InChI is InChI=1S/C14H19FN2O3S/c1-21(19,20)17-8-6-12(7-9-17)16-14(18)10-11-4-2-3-5-13(11)15/h2-5,12H,6-10H2,1H3,(H,16,18). The molecule has 0 unspecified atom stereocenters. The Kier molecular flexibility index (Phi) is 4.95. The fourth-order valence-corrected chi connectivity index (χ4v) is 3.30. The number of benzene rings is 1. The number of sulfonamides is 1. The van der Waals surface area contributed by atoms with Crippen LogP contribution in [-0.2, 0) is 21.2 Å². The highest BCUT2D eigenvalue weighted by molar-refractivity contribution is 7.88. The zero-order valence-electron chi connectivity index (χ0n) is 11.9. The van der Waals surface area contributed by atoms with E-state index in [0.717, 1.165) is 0 Å². The summed E-state index contributed by atoms with van der Waals surface area (Å²) in [6.45, 7) is 0.812. The number of carbonyl (C=O) groups excluding carboxylic acids is 1. The summed E-state index contributed by atoms with van der Waals surface area (Å²) in [7, 11) is -3.16. The lowest BCUT2D eigenvalue weighted by Gasteiger charge is -2.30. The van der Waals surface area contributed by atoms with Crippen LogP contribution in [0.4, 0.5) is 4.39 Å². The zero-order valence-corrected chi connectivity index (χ0v) is 12.7. The molecule has 1 aromatic rings. The van der Waals surface area contributed by atoms with Crippen LogP contribution in [0.25, 0.3) is 0 Å². The van der Waals surface area contributed by atoms with Crippen molar-refractivity contribution in [1.29, 1.82) is 0 Å². The smallest absolute Gasteiger partial charge is 0.224 e. The van der Waals surface area contributed by atoms with Crippen LogP contribution in [0.5, 0.6) is 0 Å². The van der Waals surface area contributed by atoms with Crippen LogP contribution in [0.2, 0.25) is 0 Å². The zero-order chi connectivity index (χ0) is 15.5. The molecular formula is C14H19FN2O3S. The number of nitrogens with one attached hydrogen (secondary N) is 1. The number of amides is 1. The van der Waals surface area contributed by atoms with E-state index in [-0.39, 0.29) is 24.2 Å². The van der Waals surface area contributed by atoms with Crippen molar-refractivity contribution in [3.8, 4) is 0 Å². The van der Waals surface area contributed by atoms with Crippen molar-refractivity contribution in [1.82, 2.24) is 9.62 Å². The van der Waals surface area contributed by atoms with Gasteiger partial charge in [-0.1, -0.05) is 18.2 Å². The molecule has 1 aliphatic rings. The second-order valence-electron chi connectivity index (χ2n) is 5.27. The van der Waals surface area contributed by atoms with E-state index in [4.69, 9.17) is 0 Å². The van der Waals surface area contributed by atoms with Gasteiger partial charge in [-0.2, -0.15) is 0 Å². The van der Waals surface area contributed by atoms with Crippen molar-refractivity contribution in [2.75, 3.05) is 19.3 Å². The molecule has 0 aliphatic carbocycles. The Labute approximate surface area is 124 Å². The van der Waals surface area contributed by atoms with Crippen LogP contribution in [0.1, 0.15) is 18.4 Å². The monoisotopic (exact) mass is 314 g/mol. The van der Waals surface area contributed by atoms with Gasteiger partial charge in [0.1, 0.15) is 5.82 Å². The first-order chi connectivity index (χ1) is 9.86. The Morgan fingerprint density at radius 1 is 1.33 bits per heavy atom. The summed E-state index contributed by atoms with van der Waals surface area (Å²) in [6, 6.07) is 6.13. The second-order valence-corrected chi connectivity index (χ2v) is 7.25. The minimum absolute atomic E-state index is 0.00103. The van der Waals surface area contributed by atoms with Gasteiger partial charge in [0.05, 0.1) is 12.7 Å². The highest BCUT2D eigenvalue weighted by Crippen LogP contribution is 2.14. The van der Waals surface area contributed by atoms with Gasteiger partial charge >= 0.3 is 0 Å². The summed E-state index contributed by atoms with van der Waals surface area (Å²) < 4.78 is 37.6. The van der Waals surface area contributed by atoms with Crippen LogP contribution in [0.3, 0.4) is 0 Å². The van der Waals surface area contributed by atoms with E-state index in [9.17, 15) is 17.6 Å². The molecule has 116 valence electrons. The molecule has 5 nitrogen and oxygen atoms in total. The van der Waals surface area contributed by atoms with Gasteiger partial charge in [0.25, 0.3) is 0 Å². The minimum Gasteiger partial charge on any atom is -0.353 e.